The van der Waals surface area contributed by atoms with Gasteiger partial charge in [0, 0.05) is 5.56 Å². The molecule has 0 bridgehead atoms. The van der Waals surface area contributed by atoms with Gasteiger partial charge in [0.2, 0.25) is 0 Å². The van der Waals surface area contributed by atoms with E-state index >= 15 is 0 Å². The van der Waals surface area contributed by atoms with Crippen LogP contribution in [0.25, 0.3) is 11.3 Å². The lowest BCUT2D eigenvalue weighted by atomic mass is 10.1. The van der Waals surface area contributed by atoms with Crippen LogP contribution in [0.5, 0.6) is 0 Å². The zero-order valence-corrected chi connectivity index (χ0v) is 13.5. The van der Waals surface area contributed by atoms with Crippen molar-refractivity contribution < 1.29 is 13.9 Å². The SMILES string of the molecule is CCCOC(=O)c1ccc(-c2ccc(C=Nn3nnnc3N)o2)cc1. The van der Waals surface area contributed by atoms with E-state index in [1.165, 1.54) is 6.21 Å². The van der Waals surface area contributed by atoms with Gasteiger partial charge in [-0.2, -0.15) is 5.10 Å². The number of nitrogens with zero attached hydrogens (tertiary/aromatic N) is 5. The summed E-state index contributed by atoms with van der Waals surface area (Å²) in [6.07, 6.45) is 2.24. The molecule has 0 aliphatic carbocycles. The van der Waals surface area contributed by atoms with Gasteiger partial charge in [-0.3, -0.25) is 0 Å². The molecule has 128 valence electrons. The molecule has 0 fully saturated rings. The number of anilines is 1. The third-order valence-electron chi connectivity index (χ3n) is 3.24. The predicted octanol–water partition coefficient (Wildman–Crippen LogP) is 1.96. The number of ether oxygens (including phenoxy) is 1. The van der Waals surface area contributed by atoms with Crippen LogP contribution in [0.4, 0.5) is 5.95 Å². The lowest BCUT2D eigenvalue weighted by Gasteiger charge is -2.03. The van der Waals surface area contributed by atoms with Crippen molar-refractivity contribution in [3.8, 4) is 11.3 Å². The van der Waals surface area contributed by atoms with Gasteiger partial charge in [0.15, 0.2) is 0 Å². The maximum Gasteiger partial charge on any atom is 0.338 e. The lowest BCUT2D eigenvalue weighted by molar-refractivity contribution is 0.0505. The number of hydrogen-bond acceptors (Lipinski definition) is 8. The van der Waals surface area contributed by atoms with Crippen LogP contribution in [0.2, 0.25) is 0 Å². The Labute approximate surface area is 143 Å². The largest absolute Gasteiger partial charge is 0.462 e. The Balaban J connectivity index is 1.71. The second kappa shape index (κ2) is 7.39. The minimum absolute atomic E-state index is 0.0774. The van der Waals surface area contributed by atoms with E-state index in [1.54, 1.807) is 36.4 Å². The normalized spacial score (nSPS) is 11.1. The van der Waals surface area contributed by atoms with Gasteiger partial charge in [0.05, 0.1) is 18.4 Å². The Bertz CT molecular complexity index is 881. The number of esters is 1. The van der Waals surface area contributed by atoms with Gasteiger partial charge < -0.3 is 14.9 Å². The summed E-state index contributed by atoms with van der Waals surface area (Å²) in [7, 11) is 0. The second-order valence-corrected chi connectivity index (χ2v) is 5.09. The summed E-state index contributed by atoms with van der Waals surface area (Å²) < 4.78 is 10.8. The van der Waals surface area contributed by atoms with Crippen molar-refractivity contribution >= 4 is 18.1 Å². The van der Waals surface area contributed by atoms with Crippen LogP contribution in [0, 0.1) is 0 Å². The molecule has 3 aromatic rings. The Hall–Kier alpha value is -3.49. The quantitative estimate of drug-likeness (QED) is 0.537. The molecule has 0 spiro atoms. The topological polar surface area (TPSA) is 121 Å². The second-order valence-electron chi connectivity index (χ2n) is 5.09. The number of nitrogen functional groups attached to an aromatic ring is 1. The van der Waals surface area contributed by atoms with Gasteiger partial charge in [-0.15, -0.1) is 0 Å². The van der Waals surface area contributed by atoms with Crippen molar-refractivity contribution in [1.82, 2.24) is 20.3 Å². The first-order valence-corrected chi connectivity index (χ1v) is 7.63. The molecule has 3 rings (SSSR count). The van der Waals surface area contributed by atoms with E-state index in [2.05, 4.69) is 20.6 Å². The Kier molecular flexibility index (Phi) is 4.84. The van der Waals surface area contributed by atoms with Gasteiger partial charge in [0.25, 0.3) is 5.95 Å². The number of furan rings is 1. The van der Waals surface area contributed by atoms with E-state index in [9.17, 15) is 4.79 Å². The highest BCUT2D eigenvalue weighted by molar-refractivity contribution is 5.90. The molecule has 2 heterocycles. The fraction of sp³-hybridized carbons (Fsp3) is 0.188. The first-order chi connectivity index (χ1) is 12.2. The van der Waals surface area contributed by atoms with Gasteiger partial charge in [-0.05, 0) is 41.1 Å². The maximum absolute atomic E-state index is 11.8. The van der Waals surface area contributed by atoms with Crippen LogP contribution in [0.1, 0.15) is 29.5 Å². The molecule has 0 aliphatic heterocycles. The first-order valence-electron chi connectivity index (χ1n) is 7.63. The number of carbonyl (C=O) groups is 1. The van der Waals surface area contributed by atoms with E-state index in [0.29, 0.717) is 23.7 Å². The molecule has 0 saturated heterocycles. The molecule has 2 N–H and O–H groups in total. The first kappa shape index (κ1) is 16.4. The number of carbonyl (C=O) groups excluding carboxylic acids is 1. The third-order valence-corrected chi connectivity index (χ3v) is 3.24. The zero-order valence-electron chi connectivity index (χ0n) is 13.5. The summed E-state index contributed by atoms with van der Waals surface area (Å²) in [5.41, 5.74) is 6.84. The number of rotatable bonds is 6. The summed E-state index contributed by atoms with van der Waals surface area (Å²) in [6, 6.07) is 10.5. The Morgan fingerprint density at radius 3 is 2.80 bits per heavy atom. The Morgan fingerprint density at radius 2 is 2.12 bits per heavy atom. The molecule has 9 heteroatoms. The van der Waals surface area contributed by atoms with Gasteiger partial charge in [-0.25, -0.2) is 4.79 Å². The van der Waals surface area contributed by atoms with Crippen LogP contribution in [-0.4, -0.2) is 39.1 Å². The molecule has 0 unspecified atom stereocenters. The van der Waals surface area contributed by atoms with Crippen LogP contribution in [0.3, 0.4) is 0 Å². The number of tetrazole rings is 1. The van der Waals surface area contributed by atoms with Gasteiger partial charge >= 0.3 is 5.97 Å². The van der Waals surface area contributed by atoms with Crippen LogP contribution in [0.15, 0.2) is 45.9 Å². The minimum atomic E-state index is -0.334. The molecular weight excluding hydrogens is 324 g/mol. The van der Waals surface area contributed by atoms with Crippen molar-refractivity contribution in [2.75, 3.05) is 12.3 Å². The molecule has 25 heavy (non-hydrogen) atoms. The number of aromatic nitrogens is 4. The molecular formula is C16H16N6O3. The zero-order chi connectivity index (χ0) is 17.6. The van der Waals surface area contributed by atoms with Crippen LogP contribution >= 0.6 is 0 Å². The molecule has 0 radical (unpaired) electrons. The fourth-order valence-electron chi connectivity index (χ4n) is 2.01. The minimum Gasteiger partial charge on any atom is -0.462 e. The van der Waals surface area contributed by atoms with Crippen molar-refractivity contribution in [3.63, 3.8) is 0 Å². The summed E-state index contributed by atoms with van der Waals surface area (Å²) in [5.74, 6) is 0.893. The summed E-state index contributed by atoms with van der Waals surface area (Å²) >= 11 is 0. The van der Waals surface area contributed by atoms with Crippen molar-refractivity contribution in [3.05, 3.63) is 47.7 Å². The van der Waals surface area contributed by atoms with Crippen LogP contribution < -0.4 is 5.73 Å². The average molecular weight is 340 g/mol. The van der Waals surface area contributed by atoms with Crippen molar-refractivity contribution in [2.45, 2.75) is 13.3 Å². The molecule has 0 saturated carbocycles. The van der Waals surface area contributed by atoms with Crippen molar-refractivity contribution in [2.24, 2.45) is 5.10 Å². The summed E-state index contributed by atoms with van der Waals surface area (Å²) in [5, 5.41) is 14.5. The van der Waals surface area contributed by atoms with Gasteiger partial charge in [0.1, 0.15) is 11.5 Å². The standard InChI is InChI=1S/C16H16N6O3/c1-2-9-24-15(23)12-5-3-11(4-6-12)14-8-7-13(25-14)10-18-22-16(17)19-20-21-22/h3-8,10H,2,9H2,1H3,(H2,17,19,21). The van der Waals surface area contributed by atoms with E-state index in [-0.39, 0.29) is 11.9 Å². The highest BCUT2D eigenvalue weighted by Crippen LogP contribution is 2.22. The van der Waals surface area contributed by atoms with Crippen LogP contribution in [-0.2, 0) is 4.74 Å². The maximum atomic E-state index is 11.8. The van der Waals surface area contributed by atoms with Gasteiger partial charge in [-0.1, -0.05) is 28.9 Å². The molecule has 9 nitrogen and oxygen atoms in total. The predicted molar refractivity (Wildman–Crippen MR) is 89.9 cm³/mol. The summed E-state index contributed by atoms with van der Waals surface area (Å²) in [6.45, 7) is 2.36. The lowest BCUT2D eigenvalue weighted by Crippen LogP contribution is -2.05. The monoisotopic (exact) mass is 340 g/mol. The van der Waals surface area contributed by atoms with E-state index in [0.717, 1.165) is 16.8 Å². The Morgan fingerprint density at radius 1 is 1.32 bits per heavy atom. The highest BCUT2D eigenvalue weighted by atomic mass is 16.5. The number of benzene rings is 1. The third kappa shape index (κ3) is 3.89. The summed E-state index contributed by atoms with van der Waals surface area (Å²) in [4.78, 5) is 12.9. The van der Waals surface area contributed by atoms with Crippen molar-refractivity contribution in [1.29, 1.82) is 0 Å². The molecule has 1 aromatic carbocycles. The average Bonchev–Trinajstić information content (AvgIpc) is 3.27. The number of hydrogen-bond donors (Lipinski definition) is 1. The van der Waals surface area contributed by atoms with E-state index in [4.69, 9.17) is 14.9 Å². The smallest absolute Gasteiger partial charge is 0.338 e. The molecule has 0 atom stereocenters. The fourth-order valence-corrected chi connectivity index (χ4v) is 2.01. The van der Waals surface area contributed by atoms with E-state index < -0.39 is 0 Å². The highest BCUT2D eigenvalue weighted by Gasteiger charge is 2.09. The molecule has 0 aliphatic rings. The van der Waals surface area contributed by atoms with E-state index in [1.807, 2.05) is 6.92 Å². The molecule has 0 amide bonds. The number of nitrogens with two attached hydrogens (primary N) is 1. The molecule has 2 aromatic heterocycles.